The molecule has 3 atom stereocenters. The van der Waals surface area contributed by atoms with E-state index in [1.54, 1.807) is 43.3 Å². The summed E-state index contributed by atoms with van der Waals surface area (Å²) in [5, 5.41) is 17.1. The van der Waals surface area contributed by atoms with Crippen molar-refractivity contribution in [2.75, 3.05) is 23.1 Å². The zero-order chi connectivity index (χ0) is 36.8. The summed E-state index contributed by atoms with van der Waals surface area (Å²) in [6.07, 6.45) is -5.10. The molecule has 10 nitrogen and oxygen atoms in total. The number of amides is 1. The van der Waals surface area contributed by atoms with Crippen molar-refractivity contribution >= 4 is 32.4 Å². The quantitative estimate of drug-likeness (QED) is 0.0905. The summed E-state index contributed by atoms with van der Waals surface area (Å²) in [6, 6.07) is 25.1. The number of benzene rings is 4. The van der Waals surface area contributed by atoms with Gasteiger partial charge in [0.15, 0.2) is 0 Å². The third kappa shape index (κ3) is 10.1. The Labute approximate surface area is 297 Å². The van der Waals surface area contributed by atoms with Gasteiger partial charge in [-0.15, -0.1) is 10.8 Å². The van der Waals surface area contributed by atoms with Crippen molar-refractivity contribution in [2.24, 2.45) is 0 Å². The molecule has 1 aliphatic rings. The summed E-state index contributed by atoms with van der Waals surface area (Å²) in [5.74, 6) is -0.633. The van der Waals surface area contributed by atoms with Gasteiger partial charge in [0.1, 0.15) is 0 Å². The summed E-state index contributed by atoms with van der Waals surface area (Å²) in [4.78, 5) is 13.7. The van der Waals surface area contributed by atoms with Gasteiger partial charge in [0.05, 0.1) is 34.0 Å². The molecule has 5 rings (SSSR count). The number of carbonyl (C=O) groups excluding carboxylic acids is 1. The molecule has 1 amide bonds. The summed E-state index contributed by atoms with van der Waals surface area (Å²) in [6.45, 7) is 1.84. The fourth-order valence-electron chi connectivity index (χ4n) is 5.85. The number of aliphatic hydroxyl groups is 1. The van der Waals surface area contributed by atoms with E-state index in [9.17, 15) is 40.6 Å². The third-order valence-corrected chi connectivity index (χ3v) is 12.0. The Bertz CT molecular complexity index is 1900. The molecule has 0 aliphatic carbocycles. The molecule has 1 heterocycles. The monoisotopic (exact) mass is 746 g/mol. The van der Waals surface area contributed by atoms with Gasteiger partial charge < -0.3 is 15.7 Å². The Morgan fingerprint density at radius 1 is 0.922 bits per heavy atom. The summed E-state index contributed by atoms with van der Waals surface area (Å²) < 4.78 is 92.4. The number of hydrogen-bond donors (Lipinski definition) is 6. The van der Waals surface area contributed by atoms with Gasteiger partial charge in [-0.25, -0.2) is 13.1 Å². The number of hydrogen-bond acceptors (Lipinski definition) is 8. The normalized spacial score (nSPS) is 17.0. The van der Waals surface area contributed by atoms with Crippen molar-refractivity contribution in [1.82, 2.24) is 15.4 Å². The molecule has 0 aromatic heterocycles. The average Bonchev–Trinajstić information content (AvgIpc) is 3.46. The van der Waals surface area contributed by atoms with E-state index in [0.29, 0.717) is 17.5 Å². The fraction of sp³-hybridized carbons (Fsp3) is 0.306. The number of alkyl halides is 3. The van der Waals surface area contributed by atoms with Crippen molar-refractivity contribution < 1.29 is 40.6 Å². The molecule has 0 saturated carbocycles. The van der Waals surface area contributed by atoms with Crippen LogP contribution in [-0.2, 0) is 29.2 Å². The summed E-state index contributed by atoms with van der Waals surface area (Å²) in [5.41, 5.74) is 1.10. The van der Waals surface area contributed by atoms with Crippen LogP contribution in [0.25, 0.3) is 0 Å². The van der Waals surface area contributed by atoms with Crippen LogP contribution in [0.3, 0.4) is 0 Å². The van der Waals surface area contributed by atoms with Crippen LogP contribution in [0.4, 0.5) is 18.9 Å². The summed E-state index contributed by atoms with van der Waals surface area (Å²) >= 11 is 0. The van der Waals surface area contributed by atoms with E-state index in [-0.39, 0.29) is 48.0 Å². The van der Waals surface area contributed by atoms with E-state index >= 15 is 0 Å². The van der Waals surface area contributed by atoms with Crippen LogP contribution in [0.15, 0.2) is 108 Å². The Kier molecular flexibility index (Phi) is 12.1. The first-order chi connectivity index (χ1) is 24.1. The molecule has 0 bridgehead atoms. The number of carbonyl (C=O) groups is 1. The molecule has 0 radical (unpaired) electrons. The van der Waals surface area contributed by atoms with E-state index in [1.165, 1.54) is 34.6 Å². The van der Waals surface area contributed by atoms with E-state index in [1.807, 2.05) is 24.3 Å². The predicted octanol–water partition coefficient (Wildman–Crippen LogP) is 6.11. The van der Waals surface area contributed by atoms with Gasteiger partial charge in [-0.1, -0.05) is 78.9 Å². The summed E-state index contributed by atoms with van der Waals surface area (Å²) in [7, 11) is -7.49. The highest BCUT2D eigenvalue weighted by Crippen LogP contribution is 2.51. The van der Waals surface area contributed by atoms with Gasteiger partial charge in [0, 0.05) is 31.2 Å². The number of nitrogens with one attached hydrogen (secondary N) is 3. The van der Waals surface area contributed by atoms with Crippen LogP contribution >= 0.6 is 10.8 Å². The second kappa shape index (κ2) is 16.2. The number of halogens is 3. The molecule has 4 aromatic rings. The van der Waals surface area contributed by atoms with Crippen LogP contribution in [0, 0.1) is 0 Å². The molecule has 15 heteroatoms. The molecule has 1 aliphatic heterocycles. The van der Waals surface area contributed by atoms with Crippen LogP contribution < -0.4 is 19.7 Å². The molecule has 1 saturated heterocycles. The van der Waals surface area contributed by atoms with Gasteiger partial charge >= 0.3 is 6.18 Å². The first-order valence-electron chi connectivity index (χ1n) is 16.3. The minimum absolute atomic E-state index is 0.0207. The van der Waals surface area contributed by atoms with Gasteiger partial charge in [0.2, 0.25) is 10.0 Å². The van der Waals surface area contributed by atoms with E-state index < -0.39 is 56.6 Å². The molecule has 0 unspecified atom stereocenters. The van der Waals surface area contributed by atoms with Crippen molar-refractivity contribution in [3.63, 3.8) is 0 Å². The van der Waals surface area contributed by atoms with Gasteiger partial charge in [-0.2, -0.15) is 13.2 Å². The first-order valence-corrected chi connectivity index (χ1v) is 19.4. The smallest absolute Gasteiger partial charge is 0.390 e. The lowest BCUT2D eigenvalue weighted by Crippen LogP contribution is -2.48. The Balaban J connectivity index is 1.40. The minimum Gasteiger partial charge on any atom is -0.390 e. The highest BCUT2D eigenvalue weighted by atomic mass is 32.3. The van der Waals surface area contributed by atoms with Crippen molar-refractivity contribution in [3.8, 4) is 0 Å². The van der Waals surface area contributed by atoms with Crippen LogP contribution in [0.5, 0.6) is 0 Å². The maximum Gasteiger partial charge on any atom is 0.416 e. The number of nitrogens with zero attached hydrogens (tertiary/aromatic N) is 1. The Morgan fingerprint density at radius 3 is 2.24 bits per heavy atom. The topological polar surface area (TPSA) is 151 Å². The average molecular weight is 747 g/mol. The maximum absolute atomic E-state index is 13.9. The Morgan fingerprint density at radius 2 is 1.59 bits per heavy atom. The van der Waals surface area contributed by atoms with E-state index in [4.69, 9.17) is 0 Å². The molecule has 6 N–H and O–H groups in total. The minimum atomic E-state index is -4.50. The second-order valence-electron chi connectivity index (χ2n) is 12.4. The molecule has 274 valence electrons. The first kappa shape index (κ1) is 38.3. The highest BCUT2D eigenvalue weighted by molar-refractivity contribution is 8.25. The number of sulfonamides is 1. The fourth-order valence-corrected chi connectivity index (χ4v) is 8.74. The molecule has 51 heavy (non-hydrogen) atoms. The standard InChI is InChI=1S/C36H41F3N4O6S2/c1-25(28-13-6-3-7-14-28)42-51(48,49)32-21-29(20-31(22-32)43-16-9-17-50(43,46)47)35(45)41-33(19-26-10-4-2-5-11-26)34(44)24-40-23-27-12-8-15-30(18-27)36(37,38)39/h2-8,10-15,18,20-22,25,33-34,40,42,44,46-47H,9,16-17,19,23-24H2,1H3,(H,41,45)/t25-,33+,34-/m1/s1. The Hall–Kier alpha value is -3.96. The SMILES string of the molecule is C[C@@H](NS(=O)(=O)c1cc(C(=O)N[C@@H](Cc2ccccc2)[C@H](O)CNCc2cccc(C(F)(F)F)c2)cc(N2CCCS2(O)O)c1)c1ccccc1. The van der Waals surface area contributed by atoms with Crippen molar-refractivity contribution in [2.45, 2.75) is 55.6 Å². The molecular weight excluding hydrogens is 706 g/mol. The molecule has 4 aromatic carbocycles. The third-order valence-electron chi connectivity index (χ3n) is 8.53. The van der Waals surface area contributed by atoms with Crippen molar-refractivity contribution in [3.05, 3.63) is 131 Å². The van der Waals surface area contributed by atoms with E-state index in [0.717, 1.165) is 17.7 Å². The van der Waals surface area contributed by atoms with E-state index in [2.05, 4.69) is 15.4 Å². The lowest BCUT2D eigenvalue weighted by molar-refractivity contribution is -0.137. The molecular formula is C36H41F3N4O6S2. The maximum atomic E-state index is 13.9. The zero-order valence-electron chi connectivity index (χ0n) is 27.8. The lowest BCUT2D eigenvalue weighted by atomic mass is 10.00. The predicted molar refractivity (Wildman–Crippen MR) is 192 cm³/mol. The van der Waals surface area contributed by atoms with Crippen molar-refractivity contribution in [1.29, 1.82) is 0 Å². The van der Waals surface area contributed by atoms with Crippen LogP contribution in [0.2, 0.25) is 0 Å². The van der Waals surface area contributed by atoms with Gasteiger partial charge in [-0.05, 0) is 60.7 Å². The number of rotatable bonds is 14. The number of aliphatic hydroxyl groups excluding tert-OH is 1. The second-order valence-corrected chi connectivity index (χ2v) is 16.3. The molecule has 0 spiro atoms. The van der Waals surface area contributed by atoms with Crippen LogP contribution in [-0.4, -0.2) is 59.5 Å². The zero-order valence-corrected chi connectivity index (χ0v) is 29.4. The highest BCUT2D eigenvalue weighted by Gasteiger charge is 2.33. The largest absolute Gasteiger partial charge is 0.416 e. The van der Waals surface area contributed by atoms with Crippen LogP contribution in [0.1, 0.15) is 52.0 Å². The molecule has 1 fully saturated rings. The lowest BCUT2D eigenvalue weighted by Gasteiger charge is -2.38. The van der Waals surface area contributed by atoms with Gasteiger partial charge in [-0.3, -0.25) is 18.2 Å². The van der Waals surface area contributed by atoms with Gasteiger partial charge in [0.25, 0.3) is 5.91 Å². The number of anilines is 1.